The van der Waals surface area contributed by atoms with E-state index in [9.17, 15) is 4.79 Å². The fraction of sp³-hybridized carbons (Fsp3) is 0.800. The number of hydrogen-bond donors (Lipinski definition) is 1. The minimum Gasteiger partial charge on any atom is -0.359 e. The summed E-state index contributed by atoms with van der Waals surface area (Å²) in [6.07, 6.45) is 0.945. The van der Waals surface area contributed by atoms with Crippen molar-refractivity contribution in [3.63, 3.8) is 0 Å². The highest BCUT2D eigenvalue weighted by Crippen LogP contribution is 1.82. The lowest BCUT2D eigenvalue weighted by atomic mass is 10.3. The Bertz CT molecular complexity index is 121. The summed E-state index contributed by atoms with van der Waals surface area (Å²) in [6.45, 7) is -0.509. The summed E-state index contributed by atoms with van der Waals surface area (Å²) in [5, 5.41) is 1.88. The third kappa shape index (κ3) is 3.30. The molecule has 7 heavy (non-hydrogen) atoms. The van der Waals surface area contributed by atoms with Crippen LogP contribution in [0.2, 0.25) is 0 Å². The maximum absolute atomic E-state index is 10.6. The van der Waals surface area contributed by atoms with Gasteiger partial charge in [-0.1, -0.05) is 6.92 Å². The maximum atomic E-state index is 10.6. The van der Waals surface area contributed by atoms with Crippen LogP contribution in [0.25, 0.3) is 0 Å². The first-order valence-electron chi connectivity index (χ1n) is 3.76. The van der Waals surface area contributed by atoms with E-state index in [0.29, 0.717) is 6.42 Å². The van der Waals surface area contributed by atoms with Crippen molar-refractivity contribution in [2.24, 2.45) is 0 Å². The predicted octanol–water partition coefficient (Wildman–Crippen LogP) is 0.532. The molecule has 0 aromatic heterocycles. The van der Waals surface area contributed by atoms with E-state index >= 15 is 0 Å². The molecule has 0 unspecified atom stereocenters. The van der Waals surface area contributed by atoms with Gasteiger partial charge in [0.1, 0.15) is 0 Å². The highest BCUT2D eigenvalue weighted by molar-refractivity contribution is 5.75. The van der Waals surface area contributed by atoms with E-state index in [-0.39, 0.29) is 6.42 Å². The fourth-order valence-electron chi connectivity index (χ4n) is 0.290. The summed E-state index contributed by atoms with van der Waals surface area (Å²) < 4.78 is 19.9. The summed E-state index contributed by atoms with van der Waals surface area (Å²) in [6, 6.07) is 0. The largest absolute Gasteiger partial charge is 0.359 e. The lowest BCUT2D eigenvalue weighted by Crippen LogP contribution is -2.16. The average molecular weight is 104 g/mol. The maximum Gasteiger partial charge on any atom is 0.219 e. The van der Waals surface area contributed by atoms with Crippen LogP contribution < -0.4 is 5.32 Å². The van der Waals surface area contributed by atoms with E-state index in [1.165, 1.54) is 0 Å². The molecule has 0 atom stereocenters. The summed E-state index contributed by atoms with van der Waals surface area (Å²) in [5.41, 5.74) is 0. The predicted molar refractivity (Wildman–Crippen MR) is 29.0 cm³/mol. The molecule has 0 aromatic rings. The van der Waals surface area contributed by atoms with Crippen LogP contribution in [-0.4, -0.2) is 12.9 Å². The lowest BCUT2D eigenvalue weighted by molar-refractivity contribution is -0.120. The normalized spacial score (nSPS) is 16.4. The van der Waals surface area contributed by atoms with Crippen LogP contribution in [0.3, 0.4) is 0 Å². The van der Waals surface area contributed by atoms with Crippen LogP contribution in [0.5, 0.6) is 0 Å². The van der Waals surface area contributed by atoms with Gasteiger partial charge in [0.2, 0.25) is 5.91 Å². The van der Waals surface area contributed by atoms with Gasteiger partial charge in [0.25, 0.3) is 0 Å². The van der Waals surface area contributed by atoms with Gasteiger partial charge in [0.15, 0.2) is 0 Å². The highest BCUT2D eigenvalue weighted by atomic mass is 16.1. The van der Waals surface area contributed by atoms with Crippen LogP contribution in [0.15, 0.2) is 0 Å². The molecule has 0 saturated heterocycles. The number of carbonyl (C=O) groups is 1. The number of nitrogens with one attached hydrogen (secondary N) is 1. The van der Waals surface area contributed by atoms with Gasteiger partial charge in [-0.05, 0) is 6.42 Å². The summed E-state index contributed by atoms with van der Waals surface area (Å²) in [5.74, 6) is -0.414. The first-order valence-corrected chi connectivity index (χ1v) is 2.26. The second-order valence-electron chi connectivity index (χ2n) is 1.30. The average Bonchev–Trinajstić information content (AvgIpc) is 1.59. The van der Waals surface area contributed by atoms with Crippen molar-refractivity contribution in [1.82, 2.24) is 5.32 Å². The molecule has 0 aliphatic rings. The van der Waals surface area contributed by atoms with E-state index in [1.807, 2.05) is 12.2 Å². The fourth-order valence-corrected chi connectivity index (χ4v) is 0.290. The molecule has 0 rings (SSSR count). The molecule has 0 aliphatic carbocycles. The number of amides is 1. The van der Waals surface area contributed by atoms with Gasteiger partial charge in [-0.15, -0.1) is 0 Å². The monoisotopic (exact) mass is 104 g/mol. The van der Waals surface area contributed by atoms with Crippen LogP contribution in [0, 0.1) is 0 Å². The zero-order valence-corrected chi connectivity index (χ0v) is 4.32. The van der Waals surface area contributed by atoms with E-state index in [0.717, 1.165) is 0 Å². The van der Waals surface area contributed by atoms with Gasteiger partial charge in [0, 0.05) is 17.5 Å². The molecule has 1 N–H and O–H groups in total. The quantitative estimate of drug-likeness (QED) is 0.544. The Labute approximate surface area is 48.1 Å². The van der Waals surface area contributed by atoms with E-state index in [2.05, 4.69) is 0 Å². The second kappa shape index (κ2) is 3.65. The van der Waals surface area contributed by atoms with Crippen molar-refractivity contribution in [1.29, 1.82) is 0 Å². The molecule has 2 nitrogen and oxygen atoms in total. The summed E-state index contributed by atoms with van der Waals surface area (Å²) >= 11 is 0. The Morgan fingerprint density at radius 1 is 2.00 bits per heavy atom. The molecular weight excluding hydrogens is 90.1 g/mol. The van der Waals surface area contributed by atoms with Crippen LogP contribution >= 0.6 is 0 Å². The number of hydrogen-bond acceptors (Lipinski definition) is 1. The Hall–Kier alpha value is -0.530. The van der Waals surface area contributed by atoms with Crippen molar-refractivity contribution in [3.8, 4) is 0 Å². The molecule has 42 valence electrons. The van der Waals surface area contributed by atoms with Crippen LogP contribution in [-0.2, 0) is 4.79 Å². The van der Waals surface area contributed by atoms with Gasteiger partial charge in [0.05, 0.1) is 0 Å². The molecule has 0 radical (unpaired) electrons. The molecule has 1 amide bonds. The Kier molecular flexibility index (Phi) is 1.41. The number of rotatable bonds is 2. The van der Waals surface area contributed by atoms with Gasteiger partial charge in [-0.25, -0.2) is 0 Å². The van der Waals surface area contributed by atoms with Crippen molar-refractivity contribution >= 4 is 5.91 Å². The SMILES string of the molecule is [2H]C([2H])([2H])NC(=O)CCC. The van der Waals surface area contributed by atoms with Gasteiger partial charge >= 0.3 is 0 Å². The molecule has 0 aromatic carbocycles. The van der Waals surface area contributed by atoms with Crippen molar-refractivity contribution in [2.75, 3.05) is 6.98 Å². The smallest absolute Gasteiger partial charge is 0.219 e. The molecule has 0 fully saturated rings. The highest BCUT2D eigenvalue weighted by Gasteiger charge is 1.89. The summed E-state index contributed by atoms with van der Waals surface area (Å²) in [7, 11) is 0. The first kappa shape index (κ1) is 2.70. The minimum absolute atomic E-state index is 0.276. The van der Waals surface area contributed by atoms with E-state index < -0.39 is 12.9 Å². The zero-order valence-electron chi connectivity index (χ0n) is 7.32. The molecule has 0 saturated carbocycles. The Morgan fingerprint density at radius 2 is 2.71 bits per heavy atom. The molecule has 0 spiro atoms. The second-order valence-corrected chi connectivity index (χ2v) is 1.30. The first-order chi connectivity index (χ1) is 4.45. The Balaban J connectivity index is 3.58. The van der Waals surface area contributed by atoms with Crippen molar-refractivity contribution < 1.29 is 8.91 Å². The summed E-state index contributed by atoms with van der Waals surface area (Å²) in [4.78, 5) is 10.6. The number of carbonyl (C=O) groups excluding carboxylic acids is 1. The topological polar surface area (TPSA) is 29.1 Å². The molecular formula is C5H11NO. The minimum atomic E-state index is -2.33. The molecule has 0 heterocycles. The van der Waals surface area contributed by atoms with Crippen LogP contribution in [0.1, 0.15) is 23.9 Å². The van der Waals surface area contributed by atoms with E-state index in [1.54, 1.807) is 0 Å². The lowest BCUT2D eigenvalue weighted by Gasteiger charge is -1.91. The van der Waals surface area contributed by atoms with Gasteiger partial charge in [-0.2, -0.15) is 0 Å². The van der Waals surface area contributed by atoms with E-state index in [4.69, 9.17) is 4.11 Å². The third-order valence-electron chi connectivity index (χ3n) is 0.616. The zero-order chi connectivity index (χ0) is 8.20. The van der Waals surface area contributed by atoms with Crippen molar-refractivity contribution in [2.45, 2.75) is 19.8 Å². The standard InChI is InChI=1S/C5H11NO/c1-3-4-5(7)6-2/h3-4H2,1-2H3,(H,6,7)/i2D3. The third-order valence-corrected chi connectivity index (χ3v) is 0.616. The van der Waals surface area contributed by atoms with Crippen LogP contribution in [0.4, 0.5) is 0 Å². The molecule has 0 aliphatic heterocycles. The molecule has 0 bridgehead atoms. The van der Waals surface area contributed by atoms with Gasteiger partial charge < -0.3 is 5.32 Å². The van der Waals surface area contributed by atoms with Gasteiger partial charge in [-0.3, -0.25) is 4.79 Å². The van der Waals surface area contributed by atoms with Crippen molar-refractivity contribution in [3.05, 3.63) is 0 Å². The Morgan fingerprint density at radius 3 is 3.14 bits per heavy atom. The molecule has 2 heteroatoms.